The van der Waals surface area contributed by atoms with E-state index in [4.69, 9.17) is 0 Å². The SMILES string of the molecule is CC(C)CC1NC(C)N(C2CCCCC2)C1=O. The second-order valence-electron chi connectivity index (χ2n) is 6.06. The highest BCUT2D eigenvalue weighted by molar-refractivity contribution is 5.84. The van der Waals surface area contributed by atoms with Crippen molar-refractivity contribution in [3.8, 4) is 0 Å². The van der Waals surface area contributed by atoms with Gasteiger partial charge in [-0.15, -0.1) is 0 Å². The maximum atomic E-state index is 12.4. The van der Waals surface area contributed by atoms with Crippen molar-refractivity contribution in [1.82, 2.24) is 10.2 Å². The van der Waals surface area contributed by atoms with Crippen LogP contribution in [0.15, 0.2) is 0 Å². The highest BCUT2D eigenvalue weighted by Crippen LogP contribution is 2.28. The van der Waals surface area contributed by atoms with Gasteiger partial charge in [0.05, 0.1) is 12.2 Å². The van der Waals surface area contributed by atoms with E-state index in [2.05, 4.69) is 31.0 Å². The standard InChI is InChI=1S/C14H26N2O/c1-10(2)9-13-14(17)16(11(3)15-13)12-7-5-4-6-8-12/h10-13,15H,4-9H2,1-3H3. The molecule has 0 aromatic rings. The van der Waals surface area contributed by atoms with Gasteiger partial charge in [-0.25, -0.2) is 0 Å². The third kappa shape index (κ3) is 2.82. The van der Waals surface area contributed by atoms with Crippen molar-refractivity contribution in [3.05, 3.63) is 0 Å². The number of hydrogen-bond acceptors (Lipinski definition) is 2. The minimum absolute atomic E-state index is 0.0620. The van der Waals surface area contributed by atoms with Gasteiger partial charge >= 0.3 is 0 Å². The number of nitrogens with zero attached hydrogens (tertiary/aromatic N) is 1. The van der Waals surface area contributed by atoms with Crippen molar-refractivity contribution in [2.24, 2.45) is 5.92 Å². The fourth-order valence-electron chi connectivity index (χ4n) is 3.31. The van der Waals surface area contributed by atoms with Gasteiger partial charge in [0, 0.05) is 6.04 Å². The minimum atomic E-state index is 0.0620. The Morgan fingerprint density at radius 1 is 1.29 bits per heavy atom. The molecule has 3 heteroatoms. The summed E-state index contributed by atoms with van der Waals surface area (Å²) in [5.41, 5.74) is 0. The lowest BCUT2D eigenvalue weighted by atomic mass is 9.93. The molecule has 0 spiro atoms. The number of carbonyl (C=O) groups is 1. The number of hydrogen-bond donors (Lipinski definition) is 1. The average molecular weight is 238 g/mol. The molecule has 1 amide bonds. The number of nitrogens with one attached hydrogen (secondary N) is 1. The first-order valence-corrected chi connectivity index (χ1v) is 7.18. The van der Waals surface area contributed by atoms with Crippen molar-refractivity contribution in [3.63, 3.8) is 0 Å². The van der Waals surface area contributed by atoms with Gasteiger partial charge < -0.3 is 4.90 Å². The fraction of sp³-hybridized carbons (Fsp3) is 0.929. The fourth-order valence-corrected chi connectivity index (χ4v) is 3.31. The number of carbonyl (C=O) groups excluding carboxylic acids is 1. The normalized spacial score (nSPS) is 31.5. The van der Waals surface area contributed by atoms with Crippen LogP contribution in [0.5, 0.6) is 0 Å². The highest BCUT2D eigenvalue weighted by Gasteiger charge is 2.40. The predicted octanol–water partition coefficient (Wildman–Crippen LogP) is 2.51. The molecule has 1 saturated carbocycles. The molecule has 0 radical (unpaired) electrons. The lowest BCUT2D eigenvalue weighted by Crippen LogP contribution is -2.44. The van der Waals surface area contributed by atoms with Crippen LogP contribution in [0.3, 0.4) is 0 Å². The molecule has 2 atom stereocenters. The summed E-state index contributed by atoms with van der Waals surface area (Å²) in [6.07, 6.45) is 7.52. The minimum Gasteiger partial charge on any atom is -0.323 e. The largest absolute Gasteiger partial charge is 0.323 e. The molecule has 1 N–H and O–H groups in total. The van der Waals surface area contributed by atoms with E-state index < -0.39 is 0 Å². The van der Waals surface area contributed by atoms with Crippen molar-refractivity contribution >= 4 is 5.91 Å². The van der Waals surface area contributed by atoms with E-state index >= 15 is 0 Å². The van der Waals surface area contributed by atoms with Crippen LogP contribution in [0.2, 0.25) is 0 Å². The molecule has 1 heterocycles. The van der Waals surface area contributed by atoms with Gasteiger partial charge in [-0.05, 0) is 32.1 Å². The third-order valence-corrected chi connectivity index (χ3v) is 4.09. The van der Waals surface area contributed by atoms with Crippen LogP contribution < -0.4 is 5.32 Å². The Labute approximate surface area is 105 Å². The molecule has 17 heavy (non-hydrogen) atoms. The average Bonchev–Trinajstić information content (AvgIpc) is 2.54. The first-order chi connectivity index (χ1) is 8.09. The van der Waals surface area contributed by atoms with Crippen LogP contribution in [0.4, 0.5) is 0 Å². The molecule has 1 saturated heterocycles. The van der Waals surface area contributed by atoms with Gasteiger partial charge in [0.25, 0.3) is 0 Å². The van der Waals surface area contributed by atoms with E-state index in [9.17, 15) is 4.79 Å². The molecule has 2 aliphatic rings. The van der Waals surface area contributed by atoms with Crippen LogP contribution in [-0.4, -0.2) is 29.1 Å². The molecule has 2 rings (SSSR count). The predicted molar refractivity (Wildman–Crippen MR) is 69.6 cm³/mol. The van der Waals surface area contributed by atoms with E-state index in [0.717, 1.165) is 6.42 Å². The van der Waals surface area contributed by atoms with E-state index in [1.54, 1.807) is 0 Å². The van der Waals surface area contributed by atoms with Gasteiger partial charge in [-0.2, -0.15) is 0 Å². The lowest BCUT2D eigenvalue weighted by Gasteiger charge is -2.33. The molecule has 2 unspecified atom stereocenters. The Morgan fingerprint density at radius 3 is 2.53 bits per heavy atom. The zero-order chi connectivity index (χ0) is 12.4. The first kappa shape index (κ1) is 12.9. The van der Waals surface area contributed by atoms with Crippen molar-refractivity contribution in [2.75, 3.05) is 0 Å². The van der Waals surface area contributed by atoms with Crippen molar-refractivity contribution < 1.29 is 4.79 Å². The summed E-state index contributed by atoms with van der Waals surface area (Å²) in [4.78, 5) is 14.5. The summed E-state index contributed by atoms with van der Waals surface area (Å²) in [6, 6.07) is 0.558. The summed E-state index contributed by atoms with van der Waals surface area (Å²) in [7, 11) is 0. The summed E-state index contributed by atoms with van der Waals surface area (Å²) in [6.45, 7) is 6.50. The second-order valence-corrected chi connectivity index (χ2v) is 6.06. The summed E-state index contributed by atoms with van der Waals surface area (Å²) in [5, 5.41) is 3.46. The molecule has 2 fully saturated rings. The molecule has 1 aliphatic heterocycles. The lowest BCUT2D eigenvalue weighted by molar-refractivity contribution is -0.132. The molecular weight excluding hydrogens is 212 g/mol. The highest BCUT2D eigenvalue weighted by atomic mass is 16.2. The van der Waals surface area contributed by atoms with Crippen LogP contribution in [0.25, 0.3) is 0 Å². The van der Waals surface area contributed by atoms with Gasteiger partial charge in [-0.3, -0.25) is 10.1 Å². The van der Waals surface area contributed by atoms with Crippen LogP contribution in [-0.2, 0) is 4.79 Å². The molecule has 3 nitrogen and oxygen atoms in total. The molecule has 0 aromatic heterocycles. The Hall–Kier alpha value is -0.570. The molecular formula is C14H26N2O. The maximum absolute atomic E-state index is 12.4. The van der Waals surface area contributed by atoms with Gasteiger partial charge in [0.1, 0.15) is 0 Å². The molecule has 0 bridgehead atoms. The van der Waals surface area contributed by atoms with Crippen molar-refractivity contribution in [2.45, 2.75) is 77.5 Å². The zero-order valence-electron chi connectivity index (χ0n) is 11.4. The van der Waals surface area contributed by atoms with E-state index in [1.807, 2.05) is 0 Å². The zero-order valence-corrected chi connectivity index (χ0v) is 11.4. The van der Waals surface area contributed by atoms with E-state index in [0.29, 0.717) is 17.9 Å². The van der Waals surface area contributed by atoms with Crippen LogP contribution >= 0.6 is 0 Å². The molecule has 0 aromatic carbocycles. The maximum Gasteiger partial charge on any atom is 0.241 e. The first-order valence-electron chi connectivity index (χ1n) is 7.18. The Kier molecular flexibility index (Phi) is 4.08. The van der Waals surface area contributed by atoms with E-state index in [1.165, 1.54) is 32.1 Å². The van der Waals surface area contributed by atoms with Crippen LogP contribution in [0, 0.1) is 5.92 Å². The Morgan fingerprint density at radius 2 is 1.94 bits per heavy atom. The van der Waals surface area contributed by atoms with Crippen molar-refractivity contribution in [1.29, 1.82) is 0 Å². The third-order valence-electron chi connectivity index (χ3n) is 4.09. The summed E-state index contributed by atoms with van der Waals surface area (Å²) < 4.78 is 0. The topological polar surface area (TPSA) is 32.3 Å². The summed E-state index contributed by atoms with van der Waals surface area (Å²) in [5.74, 6) is 0.924. The molecule has 1 aliphatic carbocycles. The Bertz CT molecular complexity index is 271. The van der Waals surface area contributed by atoms with Gasteiger partial charge in [0.15, 0.2) is 0 Å². The van der Waals surface area contributed by atoms with Gasteiger partial charge in [-0.1, -0.05) is 33.1 Å². The smallest absolute Gasteiger partial charge is 0.241 e. The van der Waals surface area contributed by atoms with Crippen LogP contribution in [0.1, 0.15) is 59.3 Å². The summed E-state index contributed by atoms with van der Waals surface area (Å²) >= 11 is 0. The monoisotopic (exact) mass is 238 g/mol. The molecule has 98 valence electrons. The second kappa shape index (κ2) is 5.38. The Balaban J connectivity index is 2.00. The van der Waals surface area contributed by atoms with Gasteiger partial charge in [0.2, 0.25) is 5.91 Å². The number of rotatable bonds is 3. The van der Waals surface area contributed by atoms with E-state index in [-0.39, 0.29) is 12.2 Å². The number of amides is 1. The quantitative estimate of drug-likeness (QED) is 0.819.